The van der Waals surface area contributed by atoms with Crippen LogP contribution < -0.4 is 0 Å². The Morgan fingerprint density at radius 2 is 1.31 bits per heavy atom. The number of Topliss-reactive ketones (excluding diaryl/α,β-unsaturated/α-hetero) is 1. The van der Waals surface area contributed by atoms with E-state index < -0.39 is 38.8 Å². The molecule has 0 spiro atoms. The number of carbonyl (C=O) groups is 3. The van der Waals surface area contributed by atoms with E-state index in [1.807, 2.05) is 60.7 Å². The lowest BCUT2D eigenvalue weighted by atomic mass is 9.62. The Morgan fingerprint density at radius 1 is 0.862 bits per heavy atom. The Labute approximate surface area is 176 Å². The van der Waals surface area contributed by atoms with Gasteiger partial charge in [-0.05, 0) is 36.1 Å². The van der Waals surface area contributed by atoms with Crippen molar-refractivity contribution < 1.29 is 24.6 Å². The van der Waals surface area contributed by atoms with E-state index in [9.17, 15) is 24.6 Å². The van der Waals surface area contributed by atoms with Crippen LogP contribution in [-0.2, 0) is 14.4 Å². The molecule has 2 aliphatic carbocycles. The minimum atomic E-state index is -1.97. The number of rotatable bonds is 4. The topological polar surface area (TPSA) is 91.7 Å². The molecule has 4 rings (SSSR count). The average molecular weight is 455 g/mol. The first-order chi connectivity index (χ1) is 13.6. The molecular weight excluding hydrogens is 436 g/mol. The second kappa shape index (κ2) is 6.13. The zero-order valence-corrected chi connectivity index (χ0v) is 17.4. The van der Waals surface area contributed by atoms with Crippen LogP contribution in [0.2, 0.25) is 0 Å². The Balaban J connectivity index is 2.20. The number of carboxylic acids is 2. The zero-order valence-electron chi connectivity index (χ0n) is 15.8. The van der Waals surface area contributed by atoms with E-state index >= 15 is 0 Å². The molecule has 2 bridgehead atoms. The normalized spacial score (nSPS) is 33.2. The summed E-state index contributed by atoms with van der Waals surface area (Å²) in [6.07, 6.45) is 0. The number of benzene rings is 2. The van der Waals surface area contributed by atoms with Gasteiger partial charge >= 0.3 is 11.9 Å². The van der Waals surface area contributed by atoms with Crippen LogP contribution >= 0.6 is 15.9 Å². The van der Waals surface area contributed by atoms with Crippen molar-refractivity contribution in [3.05, 3.63) is 71.8 Å². The number of carbonyl (C=O) groups excluding carboxylic acids is 1. The summed E-state index contributed by atoms with van der Waals surface area (Å²) in [5.74, 6) is -4.53. The fourth-order valence-corrected chi connectivity index (χ4v) is 6.44. The van der Waals surface area contributed by atoms with E-state index in [4.69, 9.17) is 0 Å². The zero-order chi connectivity index (χ0) is 21.2. The average Bonchev–Trinajstić information content (AvgIpc) is 2.96. The van der Waals surface area contributed by atoms with Crippen LogP contribution in [0.3, 0.4) is 0 Å². The molecule has 5 nitrogen and oxygen atoms in total. The van der Waals surface area contributed by atoms with Gasteiger partial charge in [0.25, 0.3) is 0 Å². The maximum absolute atomic E-state index is 13.8. The summed E-state index contributed by atoms with van der Waals surface area (Å²) in [6, 6.07) is 18.3. The molecule has 6 heteroatoms. The summed E-state index contributed by atoms with van der Waals surface area (Å²) in [7, 11) is 0. The number of alkyl halides is 1. The first kappa shape index (κ1) is 19.6. The minimum Gasteiger partial charge on any atom is -0.481 e. The van der Waals surface area contributed by atoms with Gasteiger partial charge in [0.15, 0.2) is 10.1 Å². The van der Waals surface area contributed by atoms with Crippen LogP contribution in [0, 0.1) is 16.7 Å². The molecule has 0 amide bonds. The molecule has 0 saturated heterocycles. The summed E-state index contributed by atoms with van der Waals surface area (Å²) in [4.78, 5) is 38.6. The van der Waals surface area contributed by atoms with Crippen molar-refractivity contribution in [2.24, 2.45) is 16.7 Å². The van der Waals surface area contributed by atoms with E-state index in [-0.39, 0.29) is 0 Å². The van der Waals surface area contributed by atoms with Gasteiger partial charge in [-0.3, -0.25) is 14.4 Å². The highest BCUT2D eigenvalue weighted by Crippen LogP contribution is 2.75. The Morgan fingerprint density at radius 3 is 1.72 bits per heavy atom. The Kier molecular flexibility index (Phi) is 4.14. The van der Waals surface area contributed by atoms with Gasteiger partial charge in [0, 0.05) is 0 Å². The van der Waals surface area contributed by atoms with E-state index in [0.717, 1.165) is 5.56 Å². The molecule has 4 unspecified atom stereocenters. The van der Waals surface area contributed by atoms with Gasteiger partial charge < -0.3 is 10.2 Å². The predicted octanol–water partition coefficient (Wildman–Crippen LogP) is 4.13. The second-order valence-electron chi connectivity index (χ2n) is 7.93. The van der Waals surface area contributed by atoms with E-state index in [2.05, 4.69) is 15.9 Å². The molecular formula is C23H19BrO5. The lowest BCUT2D eigenvalue weighted by Crippen LogP contribution is -2.55. The molecule has 0 heterocycles. The summed E-state index contributed by atoms with van der Waals surface area (Å²) in [5, 5.41) is 20.2. The van der Waals surface area contributed by atoms with Crippen LogP contribution in [0.15, 0.2) is 60.7 Å². The first-order valence-electron chi connectivity index (χ1n) is 9.19. The highest BCUT2D eigenvalue weighted by Gasteiger charge is 2.82. The fraction of sp³-hybridized carbons (Fsp3) is 0.261. The molecule has 29 heavy (non-hydrogen) atoms. The van der Waals surface area contributed by atoms with Gasteiger partial charge in [-0.15, -0.1) is 0 Å². The molecule has 2 aromatic rings. The fourth-order valence-electron chi connectivity index (χ4n) is 5.41. The highest BCUT2D eigenvalue weighted by atomic mass is 79.9. The smallest absolute Gasteiger partial charge is 0.322 e. The molecule has 2 aliphatic rings. The van der Waals surface area contributed by atoms with E-state index in [1.54, 1.807) is 13.8 Å². The van der Waals surface area contributed by atoms with Crippen molar-refractivity contribution in [3.8, 4) is 0 Å². The van der Waals surface area contributed by atoms with Crippen LogP contribution in [0.1, 0.15) is 25.0 Å². The predicted molar refractivity (Wildman–Crippen MR) is 111 cm³/mol. The van der Waals surface area contributed by atoms with Crippen molar-refractivity contribution in [2.75, 3.05) is 0 Å². The summed E-state index contributed by atoms with van der Waals surface area (Å²) < 4.78 is -1.97. The van der Waals surface area contributed by atoms with Gasteiger partial charge in [0.05, 0.1) is 10.8 Å². The number of halogens is 1. The van der Waals surface area contributed by atoms with Crippen molar-refractivity contribution in [1.82, 2.24) is 0 Å². The standard InChI is InChI=1S/C23H19BrO5/c1-21-15(13-9-5-3-6-10-13)16(14-11-7-4-8-12-14)22(2,19(21)27)23(24,20(28)29)17(21)18(25)26/h3-12,17H,1-2H3,(H,25,26)(H,28,29). The third-order valence-electron chi connectivity index (χ3n) is 6.58. The maximum atomic E-state index is 13.8. The van der Waals surface area contributed by atoms with Crippen molar-refractivity contribution >= 4 is 44.8 Å². The molecule has 2 aromatic carbocycles. The maximum Gasteiger partial charge on any atom is 0.322 e. The number of hydrogen-bond acceptors (Lipinski definition) is 3. The molecule has 4 atom stereocenters. The molecule has 0 aromatic heterocycles. The van der Waals surface area contributed by atoms with Crippen LogP contribution in [0.4, 0.5) is 0 Å². The molecule has 1 saturated carbocycles. The van der Waals surface area contributed by atoms with E-state index in [1.165, 1.54) is 0 Å². The summed E-state index contributed by atoms with van der Waals surface area (Å²) in [5.41, 5.74) is -0.496. The van der Waals surface area contributed by atoms with Crippen molar-refractivity contribution in [3.63, 3.8) is 0 Å². The monoisotopic (exact) mass is 454 g/mol. The third kappa shape index (κ3) is 2.12. The van der Waals surface area contributed by atoms with Gasteiger partial charge in [-0.1, -0.05) is 76.6 Å². The number of carboxylic acid groups (broad SMARTS) is 2. The molecule has 0 aliphatic heterocycles. The molecule has 0 radical (unpaired) electrons. The number of hydrogen-bond donors (Lipinski definition) is 2. The molecule has 1 fully saturated rings. The van der Waals surface area contributed by atoms with Crippen molar-refractivity contribution in [1.29, 1.82) is 0 Å². The second-order valence-corrected chi connectivity index (χ2v) is 9.18. The molecule has 2 N–H and O–H groups in total. The molecule has 148 valence electrons. The number of aliphatic carboxylic acids is 2. The van der Waals surface area contributed by atoms with Crippen molar-refractivity contribution in [2.45, 2.75) is 18.2 Å². The SMILES string of the molecule is CC12C(=O)C(C)(C(c3ccccc3)=C1c1ccccc1)C(Br)(C(=O)O)C2C(=O)O. The Bertz CT molecular complexity index is 1080. The summed E-state index contributed by atoms with van der Waals surface area (Å²) >= 11 is 3.27. The van der Waals surface area contributed by atoms with Gasteiger partial charge in [0.2, 0.25) is 0 Å². The lowest BCUT2D eigenvalue weighted by Gasteiger charge is -2.43. The van der Waals surface area contributed by atoms with Crippen LogP contribution in [0.25, 0.3) is 11.1 Å². The Hall–Kier alpha value is -2.73. The van der Waals surface area contributed by atoms with Crippen LogP contribution in [0.5, 0.6) is 0 Å². The number of allylic oxidation sites excluding steroid dienone is 2. The number of fused-ring (bicyclic) bond motifs is 2. The van der Waals surface area contributed by atoms with Gasteiger partial charge in [-0.25, -0.2) is 0 Å². The quantitative estimate of drug-likeness (QED) is 0.677. The number of ketones is 1. The van der Waals surface area contributed by atoms with Crippen LogP contribution in [-0.4, -0.2) is 32.3 Å². The lowest BCUT2D eigenvalue weighted by molar-refractivity contribution is -0.153. The van der Waals surface area contributed by atoms with E-state index in [0.29, 0.717) is 16.7 Å². The van der Waals surface area contributed by atoms with Gasteiger partial charge in [0.1, 0.15) is 5.92 Å². The van der Waals surface area contributed by atoms with Gasteiger partial charge in [-0.2, -0.15) is 0 Å². The largest absolute Gasteiger partial charge is 0.481 e. The first-order valence-corrected chi connectivity index (χ1v) is 9.98. The third-order valence-corrected chi connectivity index (χ3v) is 8.17. The highest BCUT2D eigenvalue weighted by molar-refractivity contribution is 9.10. The summed E-state index contributed by atoms with van der Waals surface area (Å²) in [6.45, 7) is 3.12. The minimum absolute atomic E-state index is 0.394.